The third kappa shape index (κ3) is 4.98. The van der Waals surface area contributed by atoms with Gasteiger partial charge in [0.25, 0.3) is 5.91 Å². The molecular weight excluding hydrogens is 342 g/mol. The van der Waals surface area contributed by atoms with Crippen molar-refractivity contribution in [1.82, 2.24) is 10.2 Å². The molecule has 140 valence electrons. The number of hydrogen-bond acceptors (Lipinski definition) is 4. The molecule has 2 amide bonds. The Bertz CT molecular complexity index is 592. The van der Waals surface area contributed by atoms with Crippen LogP contribution in [-0.2, 0) is 11.2 Å². The summed E-state index contributed by atoms with van der Waals surface area (Å²) in [6, 6.07) is 3.66. The van der Waals surface area contributed by atoms with Gasteiger partial charge in [-0.15, -0.1) is 12.4 Å². The number of likely N-dealkylation sites (tertiary alicyclic amines) is 1. The Morgan fingerprint density at radius 3 is 2.52 bits per heavy atom. The smallest absolute Gasteiger partial charge is 0.289 e. The minimum absolute atomic E-state index is 0. The number of rotatable bonds is 6. The number of furan rings is 1. The highest BCUT2D eigenvalue weighted by Crippen LogP contribution is 2.31. The van der Waals surface area contributed by atoms with E-state index in [2.05, 4.69) is 5.32 Å². The van der Waals surface area contributed by atoms with Crippen LogP contribution in [0.5, 0.6) is 0 Å². The van der Waals surface area contributed by atoms with Crippen LogP contribution in [0.25, 0.3) is 0 Å². The third-order valence-electron chi connectivity index (χ3n) is 5.11. The quantitative estimate of drug-likeness (QED) is 0.802. The second-order valence-corrected chi connectivity index (χ2v) is 6.93. The van der Waals surface area contributed by atoms with Crippen LogP contribution in [-0.4, -0.2) is 42.4 Å². The molecule has 2 fully saturated rings. The van der Waals surface area contributed by atoms with Crippen molar-refractivity contribution in [3.63, 3.8) is 0 Å². The first-order valence-corrected chi connectivity index (χ1v) is 8.99. The van der Waals surface area contributed by atoms with Crippen molar-refractivity contribution in [3.8, 4) is 0 Å². The van der Waals surface area contributed by atoms with Gasteiger partial charge in [0.1, 0.15) is 5.76 Å². The van der Waals surface area contributed by atoms with E-state index in [1.807, 2.05) is 13.0 Å². The lowest BCUT2D eigenvalue weighted by Crippen LogP contribution is -2.45. The third-order valence-corrected chi connectivity index (χ3v) is 5.11. The second-order valence-electron chi connectivity index (χ2n) is 6.93. The Balaban J connectivity index is 0.00000225. The van der Waals surface area contributed by atoms with Crippen molar-refractivity contribution < 1.29 is 14.0 Å². The van der Waals surface area contributed by atoms with Gasteiger partial charge >= 0.3 is 0 Å². The zero-order chi connectivity index (χ0) is 17.1. The Morgan fingerprint density at radius 2 is 1.96 bits per heavy atom. The van der Waals surface area contributed by atoms with Gasteiger partial charge in [0.05, 0.1) is 0 Å². The van der Waals surface area contributed by atoms with E-state index in [-0.39, 0.29) is 36.2 Å². The highest BCUT2D eigenvalue weighted by Gasteiger charge is 2.31. The van der Waals surface area contributed by atoms with Crippen LogP contribution in [0.4, 0.5) is 0 Å². The molecule has 0 bridgehead atoms. The summed E-state index contributed by atoms with van der Waals surface area (Å²) >= 11 is 0. The highest BCUT2D eigenvalue weighted by molar-refractivity contribution is 5.91. The number of amides is 2. The summed E-state index contributed by atoms with van der Waals surface area (Å²) in [5, 5.41) is 2.97. The van der Waals surface area contributed by atoms with Gasteiger partial charge < -0.3 is 20.4 Å². The maximum absolute atomic E-state index is 12.4. The molecule has 3 rings (SSSR count). The zero-order valence-corrected chi connectivity index (χ0v) is 15.5. The first-order chi connectivity index (χ1) is 11.6. The summed E-state index contributed by atoms with van der Waals surface area (Å²) in [5.41, 5.74) is 6.02. The highest BCUT2D eigenvalue weighted by atomic mass is 35.5. The van der Waals surface area contributed by atoms with Crippen LogP contribution < -0.4 is 11.1 Å². The second kappa shape index (κ2) is 8.72. The Labute approximate surface area is 154 Å². The monoisotopic (exact) mass is 369 g/mol. The molecule has 25 heavy (non-hydrogen) atoms. The lowest BCUT2D eigenvalue weighted by molar-refractivity contribution is -0.126. The molecule has 3 N–H and O–H groups in total. The van der Waals surface area contributed by atoms with E-state index >= 15 is 0 Å². The molecule has 1 atom stereocenters. The number of nitrogens with two attached hydrogens (primary N) is 1. The van der Waals surface area contributed by atoms with E-state index in [0.29, 0.717) is 44.2 Å². The van der Waals surface area contributed by atoms with Gasteiger partial charge in [-0.3, -0.25) is 9.59 Å². The van der Waals surface area contributed by atoms with Crippen molar-refractivity contribution in [3.05, 3.63) is 23.7 Å². The molecule has 1 aromatic heterocycles. The normalized spacial score (nSPS) is 19.2. The molecule has 7 heteroatoms. The van der Waals surface area contributed by atoms with Crippen LogP contribution in [0, 0.1) is 11.8 Å². The van der Waals surface area contributed by atoms with Crippen molar-refractivity contribution in [1.29, 1.82) is 0 Å². The maximum Gasteiger partial charge on any atom is 0.289 e. The van der Waals surface area contributed by atoms with Gasteiger partial charge in [-0.2, -0.15) is 0 Å². The van der Waals surface area contributed by atoms with E-state index in [1.54, 1.807) is 11.0 Å². The van der Waals surface area contributed by atoms with Gasteiger partial charge in [0, 0.05) is 38.0 Å². The van der Waals surface area contributed by atoms with Crippen LogP contribution in [0.15, 0.2) is 16.5 Å². The van der Waals surface area contributed by atoms with Crippen LogP contribution in [0.2, 0.25) is 0 Å². The van der Waals surface area contributed by atoms with Gasteiger partial charge in [-0.1, -0.05) is 6.92 Å². The van der Waals surface area contributed by atoms with E-state index in [1.165, 1.54) is 12.8 Å². The first-order valence-electron chi connectivity index (χ1n) is 8.99. The molecular formula is C18H28ClN3O3. The number of aryl methyl sites for hydroxylation is 1. The van der Waals surface area contributed by atoms with Gasteiger partial charge in [0.15, 0.2) is 5.76 Å². The van der Waals surface area contributed by atoms with Crippen LogP contribution in [0.1, 0.15) is 48.9 Å². The van der Waals surface area contributed by atoms with E-state index in [9.17, 15) is 9.59 Å². The van der Waals surface area contributed by atoms with Crippen molar-refractivity contribution in [2.75, 3.05) is 19.6 Å². The van der Waals surface area contributed by atoms with Gasteiger partial charge in [-0.25, -0.2) is 0 Å². The molecule has 1 unspecified atom stereocenters. The molecule has 2 heterocycles. The van der Waals surface area contributed by atoms with Crippen molar-refractivity contribution in [2.45, 2.75) is 45.1 Å². The van der Waals surface area contributed by atoms with Crippen molar-refractivity contribution >= 4 is 24.2 Å². The van der Waals surface area contributed by atoms with E-state index in [4.69, 9.17) is 10.2 Å². The molecule has 0 aromatic carbocycles. The number of nitrogens with zero attached hydrogens (tertiary/aromatic N) is 1. The molecule has 0 radical (unpaired) electrons. The predicted molar refractivity (Wildman–Crippen MR) is 97.7 cm³/mol. The van der Waals surface area contributed by atoms with Gasteiger partial charge in [-0.05, 0) is 43.7 Å². The standard InChI is InChI=1S/C18H27N3O3.ClH/c1-2-14-5-6-16(24-14)18(23)21-9-7-13(8-10-21)17(22)20-11-15(19)12-3-4-12;/h5-6,12-13,15H,2-4,7-11,19H2,1H3,(H,20,22);1H. The average molecular weight is 370 g/mol. The summed E-state index contributed by atoms with van der Waals surface area (Å²) < 4.78 is 5.53. The van der Waals surface area contributed by atoms with Gasteiger partial charge in [0.2, 0.25) is 5.91 Å². The van der Waals surface area contributed by atoms with Crippen LogP contribution in [0.3, 0.4) is 0 Å². The topological polar surface area (TPSA) is 88.6 Å². The summed E-state index contributed by atoms with van der Waals surface area (Å²) in [4.78, 5) is 26.4. The molecule has 1 saturated carbocycles. The predicted octanol–water partition coefficient (Wildman–Crippen LogP) is 1.97. The summed E-state index contributed by atoms with van der Waals surface area (Å²) in [7, 11) is 0. The van der Waals surface area contributed by atoms with Crippen LogP contribution >= 0.6 is 12.4 Å². The van der Waals surface area contributed by atoms with E-state index < -0.39 is 0 Å². The maximum atomic E-state index is 12.4. The molecule has 0 spiro atoms. The largest absolute Gasteiger partial charge is 0.456 e. The minimum Gasteiger partial charge on any atom is -0.456 e. The number of piperidine rings is 1. The molecule has 1 aromatic rings. The summed E-state index contributed by atoms with van der Waals surface area (Å²) in [6.45, 7) is 3.74. The summed E-state index contributed by atoms with van der Waals surface area (Å²) in [5.74, 6) is 1.77. The number of carbonyl (C=O) groups excluding carboxylic acids is 2. The number of halogens is 1. The summed E-state index contributed by atoms with van der Waals surface area (Å²) in [6.07, 6.45) is 4.53. The van der Waals surface area contributed by atoms with E-state index in [0.717, 1.165) is 12.2 Å². The fourth-order valence-electron chi connectivity index (χ4n) is 3.24. The number of nitrogens with one attached hydrogen (secondary N) is 1. The first kappa shape index (κ1) is 19.8. The minimum atomic E-state index is -0.0793. The molecule has 1 saturated heterocycles. The molecule has 2 aliphatic rings. The fourth-order valence-corrected chi connectivity index (χ4v) is 3.24. The lowest BCUT2D eigenvalue weighted by Gasteiger charge is -2.31. The fraction of sp³-hybridized carbons (Fsp3) is 0.667. The molecule has 1 aliphatic heterocycles. The molecule has 6 nitrogen and oxygen atoms in total. The number of carbonyl (C=O) groups is 2. The SMILES string of the molecule is CCc1ccc(C(=O)N2CCC(C(=O)NCC(N)C3CC3)CC2)o1.Cl. The number of hydrogen-bond donors (Lipinski definition) is 2. The Hall–Kier alpha value is -1.53. The lowest BCUT2D eigenvalue weighted by atomic mass is 9.95. The average Bonchev–Trinajstić information content (AvgIpc) is 3.36. The Kier molecular flexibility index (Phi) is 6.90. The van der Waals surface area contributed by atoms with Crippen molar-refractivity contribution in [2.24, 2.45) is 17.6 Å². The molecule has 1 aliphatic carbocycles. The Morgan fingerprint density at radius 1 is 1.28 bits per heavy atom. The zero-order valence-electron chi connectivity index (χ0n) is 14.7.